The molecule has 0 aromatic rings. The zero-order chi connectivity index (χ0) is 13.5. The number of hydrogen-bond acceptors (Lipinski definition) is 7. The van der Waals surface area contributed by atoms with Crippen molar-refractivity contribution in [1.82, 2.24) is 0 Å². The highest BCUT2D eigenvalue weighted by atomic mass is 32.2. The van der Waals surface area contributed by atoms with Gasteiger partial charge >= 0.3 is 0 Å². The van der Waals surface area contributed by atoms with E-state index in [2.05, 4.69) is 0 Å². The lowest BCUT2D eigenvalue weighted by atomic mass is 9.93. The fourth-order valence-electron chi connectivity index (χ4n) is 1.99. The average Bonchev–Trinajstić information content (AvgIpc) is 2.38. The molecule has 0 radical (unpaired) electrons. The molecule has 0 bridgehead atoms. The average molecular weight is 281 g/mol. The zero-order valence-electron chi connectivity index (χ0n) is 10.3. The highest BCUT2D eigenvalue weighted by Crippen LogP contribution is 2.24. The molecule has 18 heavy (non-hydrogen) atoms. The summed E-state index contributed by atoms with van der Waals surface area (Å²) in [6.45, 7) is 0.272. The van der Waals surface area contributed by atoms with Gasteiger partial charge in [0.2, 0.25) is 0 Å². The topological polar surface area (TPSA) is 116 Å². The van der Waals surface area contributed by atoms with Gasteiger partial charge in [-0.3, -0.25) is 0 Å². The summed E-state index contributed by atoms with van der Waals surface area (Å²) in [5, 5.41) is 38.0. The van der Waals surface area contributed by atoms with Crippen LogP contribution in [0.3, 0.4) is 0 Å². The molecule has 0 saturated carbocycles. The van der Waals surface area contributed by atoms with E-state index >= 15 is 0 Å². The Hall–Kier alpha value is 0.110. The Morgan fingerprint density at radius 1 is 1.00 bits per heavy atom. The standard InChI is InChI=1S/C11H23NO5S/c12-3-5-18-4-1-2-7-9(14)11(16)10(15)8(6-13)17-7/h7-11,13-16H,1-6,12H2/t7-,8-,9-,10-,11-/m1/s1. The van der Waals surface area contributed by atoms with Gasteiger partial charge in [-0.2, -0.15) is 11.8 Å². The first kappa shape index (κ1) is 16.2. The van der Waals surface area contributed by atoms with Gasteiger partial charge in [0.05, 0.1) is 12.7 Å². The molecular weight excluding hydrogens is 258 g/mol. The summed E-state index contributed by atoms with van der Waals surface area (Å²) in [7, 11) is 0. The van der Waals surface area contributed by atoms with Gasteiger partial charge in [0.25, 0.3) is 0 Å². The predicted octanol–water partition coefficient (Wildman–Crippen LogP) is -1.70. The van der Waals surface area contributed by atoms with Crippen molar-refractivity contribution in [3.8, 4) is 0 Å². The van der Waals surface area contributed by atoms with Crippen molar-refractivity contribution < 1.29 is 25.2 Å². The fraction of sp³-hybridized carbons (Fsp3) is 1.00. The zero-order valence-corrected chi connectivity index (χ0v) is 11.1. The van der Waals surface area contributed by atoms with Crippen molar-refractivity contribution in [2.45, 2.75) is 43.4 Å². The minimum absolute atomic E-state index is 0.372. The first-order chi connectivity index (χ1) is 8.61. The van der Waals surface area contributed by atoms with Gasteiger partial charge in [-0.15, -0.1) is 0 Å². The van der Waals surface area contributed by atoms with Gasteiger partial charge in [0.15, 0.2) is 0 Å². The fourth-order valence-corrected chi connectivity index (χ4v) is 2.73. The third kappa shape index (κ3) is 4.34. The van der Waals surface area contributed by atoms with Crippen molar-refractivity contribution >= 4 is 11.8 Å². The number of aliphatic hydroxyl groups excluding tert-OH is 4. The van der Waals surface area contributed by atoms with E-state index < -0.39 is 30.5 Å². The monoisotopic (exact) mass is 281 g/mol. The third-order valence-corrected chi connectivity index (χ3v) is 4.13. The Bertz CT molecular complexity index is 231. The minimum atomic E-state index is -1.27. The van der Waals surface area contributed by atoms with E-state index in [0.29, 0.717) is 13.0 Å². The van der Waals surface area contributed by atoms with Crippen molar-refractivity contribution in [2.75, 3.05) is 24.7 Å². The van der Waals surface area contributed by atoms with Crippen LogP contribution >= 0.6 is 11.8 Å². The number of aliphatic hydroxyl groups is 4. The normalized spacial score (nSPS) is 36.8. The van der Waals surface area contributed by atoms with Crippen LogP contribution in [0.15, 0.2) is 0 Å². The molecule has 1 saturated heterocycles. The maximum absolute atomic E-state index is 9.78. The van der Waals surface area contributed by atoms with Crippen LogP contribution in [-0.4, -0.2) is 75.6 Å². The molecule has 7 heteroatoms. The second-order valence-corrected chi connectivity index (χ2v) is 5.64. The molecule has 1 rings (SSSR count). The largest absolute Gasteiger partial charge is 0.394 e. The third-order valence-electron chi connectivity index (χ3n) is 3.03. The number of nitrogens with two attached hydrogens (primary N) is 1. The Morgan fingerprint density at radius 3 is 2.28 bits per heavy atom. The maximum Gasteiger partial charge on any atom is 0.111 e. The second kappa shape index (κ2) is 8.31. The molecule has 108 valence electrons. The highest BCUT2D eigenvalue weighted by Gasteiger charge is 2.42. The van der Waals surface area contributed by atoms with Crippen LogP contribution in [-0.2, 0) is 4.74 Å². The number of ether oxygens (including phenoxy) is 1. The molecule has 0 amide bonds. The summed E-state index contributed by atoms with van der Waals surface area (Å²) in [4.78, 5) is 0. The molecule has 0 aromatic heterocycles. The molecule has 1 fully saturated rings. The Kier molecular flexibility index (Phi) is 7.47. The van der Waals surface area contributed by atoms with Gasteiger partial charge in [-0.1, -0.05) is 0 Å². The van der Waals surface area contributed by atoms with E-state index in [1.165, 1.54) is 0 Å². The molecule has 1 aliphatic rings. The molecule has 0 aliphatic carbocycles. The SMILES string of the molecule is NCCSCCC[C@H]1O[C@H](CO)[C@@H](O)[C@H](O)[C@@H]1O. The van der Waals surface area contributed by atoms with Gasteiger partial charge in [0, 0.05) is 12.3 Å². The van der Waals surface area contributed by atoms with E-state index in [1.54, 1.807) is 11.8 Å². The van der Waals surface area contributed by atoms with Crippen LogP contribution in [0.2, 0.25) is 0 Å². The van der Waals surface area contributed by atoms with Crippen LogP contribution in [0.25, 0.3) is 0 Å². The summed E-state index contributed by atoms with van der Waals surface area (Å²) in [6.07, 6.45) is -3.58. The Balaban J connectivity index is 2.35. The lowest BCUT2D eigenvalue weighted by Crippen LogP contribution is -2.58. The van der Waals surface area contributed by atoms with Crippen molar-refractivity contribution in [1.29, 1.82) is 0 Å². The summed E-state index contributed by atoms with van der Waals surface area (Å²) in [5.74, 6) is 1.81. The molecule has 0 unspecified atom stereocenters. The van der Waals surface area contributed by atoms with E-state index in [0.717, 1.165) is 17.9 Å². The van der Waals surface area contributed by atoms with Crippen LogP contribution in [0.1, 0.15) is 12.8 Å². The molecule has 0 spiro atoms. The van der Waals surface area contributed by atoms with Crippen molar-refractivity contribution in [2.24, 2.45) is 5.73 Å². The number of rotatable bonds is 7. The van der Waals surface area contributed by atoms with Gasteiger partial charge in [-0.05, 0) is 18.6 Å². The van der Waals surface area contributed by atoms with E-state index in [4.69, 9.17) is 15.6 Å². The molecule has 6 nitrogen and oxygen atoms in total. The summed E-state index contributed by atoms with van der Waals surface area (Å²) >= 11 is 1.73. The number of hydrogen-bond donors (Lipinski definition) is 5. The summed E-state index contributed by atoms with van der Waals surface area (Å²) < 4.78 is 5.39. The predicted molar refractivity (Wildman–Crippen MR) is 69.4 cm³/mol. The van der Waals surface area contributed by atoms with Gasteiger partial charge in [-0.25, -0.2) is 0 Å². The molecule has 1 heterocycles. The van der Waals surface area contributed by atoms with Crippen LogP contribution in [0, 0.1) is 0 Å². The summed E-state index contributed by atoms with van der Waals surface area (Å²) in [6, 6.07) is 0. The van der Waals surface area contributed by atoms with Gasteiger partial charge in [0.1, 0.15) is 24.4 Å². The quantitative estimate of drug-likeness (QED) is 0.353. The number of thioether (sulfide) groups is 1. The molecule has 0 aromatic carbocycles. The molecule has 6 N–H and O–H groups in total. The van der Waals surface area contributed by atoms with Crippen molar-refractivity contribution in [3.05, 3.63) is 0 Å². The second-order valence-electron chi connectivity index (χ2n) is 4.41. The lowest BCUT2D eigenvalue weighted by molar-refractivity contribution is -0.230. The molecule has 1 aliphatic heterocycles. The van der Waals surface area contributed by atoms with Crippen LogP contribution in [0.5, 0.6) is 0 Å². The van der Waals surface area contributed by atoms with Crippen LogP contribution < -0.4 is 5.73 Å². The van der Waals surface area contributed by atoms with Crippen LogP contribution in [0.4, 0.5) is 0 Å². The maximum atomic E-state index is 9.78. The first-order valence-corrected chi connectivity index (χ1v) is 7.35. The Labute approximate surface area is 111 Å². The lowest BCUT2D eigenvalue weighted by Gasteiger charge is -2.40. The minimum Gasteiger partial charge on any atom is -0.394 e. The molecular formula is C11H23NO5S. The van der Waals surface area contributed by atoms with Crippen molar-refractivity contribution in [3.63, 3.8) is 0 Å². The van der Waals surface area contributed by atoms with E-state index in [1.807, 2.05) is 0 Å². The molecule has 5 atom stereocenters. The van der Waals surface area contributed by atoms with E-state index in [9.17, 15) is 15.3 Å². The first-order valence-electron chi connectivity index (χ1n) is 6.20. The highest BCUT2D eigenvalue weighted by molar-refractivity contribution is 7.99. The summed E-state index contributed by atoms with van der Waals surface area (Å²) in [5.41, 5.74) is 5.37. The Morgan fingerprint density at radius 2 is 1.67 bits per heavy atom. The smallest absolute Gasteiger partial charge is 0.111 e. The van der Waals surface area contributed by atoms with E-state index in [-0.39, 0.29) is 6.61 Å². The van der Waals surface area contributed by atoms with Gasteiger partial charge < -0.3 is 30.9 Å².